The van der Waals surface area contributed by atoms with E-state index in [1.807, 2.05) is 13.0 Å². The van der Waals surface area contributed by atoms with E-state index in [9.17, 15) is 9.59 Å². The molecule has 1 aromatic carbocycles. The average Bonchev–Trinajstić information content (AvgIpc) is 3.12. The van der Waals surface area contributed by atoms with Gasteiger partial charge in [0.25, 0.3) is 0 Å². The molecule has 1 aliphatic carbocycles. The first-order valence-electron chi connectivity index (χ1n) is 8.04. The number of benzene rings is 1. The lowest BCUT2D eigenvalue weighted by Gasteiger charge is -2.12. The van der Waals surface area contributed by atoms with Crippen LogP contribution in [0.1, 0.15) is 56.4 Å². The van der Waals surface area contributed by atoms with Crippen molar-refractivity contribution < 1.29 is 14.7 Å². The van der Waals surface area contributed by atoms with Gasteiger partial charge in [0.05, 0.1) is 18.2 Å². The summed E-state index contributed by atoms with van der Waals surface area (Å²) in [6.45, 7) is 3.49. The zero-order valence-electron chi connectivity index (χ0n) is 13.8. The Morgan fingerprint density at radius 2 is 2.08 bits per heavy atom. The van der Waals surface area contributed by atoms with E-state index < -0.39 is 5.97 Å². The van der Waals surface area contributed by atoms with Crippen LogP contribution < -0.4 is 5.32 Å². The third-order valence-electron chi connectivity index (χ3n) is 4.28. The highest BCUT2D eigenvalue weighted by Crippen LogP contribution is 2.25. The summed E-state index contributed by atoms with van der Waals surface area (Å²) in [4.78, 5) is 27.9. The van der Waals surface area contributed by atoms with Gasteiger partial charge in [0, 0.05) is 0 Å². The molecule has 1 amide bonds. The van der Waals surface area contributed by atoms with Crippen molar-refractivity contribution in [1.29, 1.82) is 0 Å². The van der Waals surface area contributed by atoms with Gasteiger partial charge in [-0.15, -0.1) is 11.3 Å². The lowest BCUT2D eigenvalue weighted by atomic mass is 10.0. The molecule has 1 aromatic heterocycles. The fourth-order valence-corrected chi connectivity index (χ4v) is 3.98. The second-order valence-electron chi connectivity index (χ2n) is 6.19. The topological polar surface area (TPSA) is 79.3 Å². The van der Waals surface area contributed by atoms with Crippen molar-refractivity contribution in [2.75, 3.05) is 0 Å². The van der Waals surface area contributed by atoms with Gasteiger partial charge in [0.1, 0.15) is 9.88 Å². The number of hydrogen-bond donors (Lipinski definition) is 2. The lowest BCUT2D eigenvalue weighted by Crippen LogP contribution is -2.28. The molecule has 0 saturated carbocycles. The number of aryl methyl sites for hydroxylation is 3. The fourth-order valence-electron chi connectivity index (χ4n) is 3.08. The van der Waals surface area contributed by atoms with Crippen LogP contribution in [0.2, 0.25) is 0 Å². The number of carboxylic acid groups (broad SMARTS) is 1. The first kappa shape index (κ1) is 16.6. The molecular weight excluding hydrogens is 324 g/mol. The number of nitrogens with zero attached hydrogens (tertiary/aromatic N) is 1. The Morgan fingerprint density at radius 3 is 2.79 bits per heavy atom. The quantitative estimate of drug-likeness (QED) is 0.874. The Kier molecular flexibility index (Phi) is 4.66. The average molecular weight is 344 g/mol. The SMILES string of the molecule is Cc1nc(C(C)NC(=O)Cc2ccc3c(c2)CCC3)sc1C(=O)O. The van der Waals surface area contributed by atoms with Crippen molar-refractivity contribution in [3.8, 4) is 0 Å². The minimum atomic E-state index is -0.979. The molecule has 2 N–H and O–H groups in total. The lowest BCUT2D eigenvalue weighted by molar-refractivity contribution is -0.121. The molecule has 0 radical (unpaired) electrons. The highest BCUT2D eigenvalue weighted by atomic mass is 32.1. The van der Waals surface area contributed by atoms with E-state index in [1.54, 1.807) is 6.92 Å². The van der Waals surface area contributed by atoms with E-state index in [0.29, 0.717) is 17.1 Å². The minimum Gasteiger partial charge on any atom is -0.477 e. The Bertz CT molecular complexity index is 798. The smallest absolute Gasteiger partial charge is 0.347 e. The van der Waals surface area contributed by atoms with E-state index in [2.05, 4.69) is 22.4 Å². The molecule has 0 bridgehead atoms. The summed E-state index contributed by atoms with van der Waals surface area (Å²) in [5.74, 6) is -1.06. The molecule has 1 aliphatic rings. The molecule has 6 heteroatoms. The summed E-state index contributed by atoms with van der Waals surface area (Å²) in [6, 6.07) is 5.97. The largest absolute Gasteiger partial charge is 0.477 e. The second-order valence-corrected chi connectivity index (χ2v) is 7.23. The van der Waals surface area contributed by atoms with E-state index >= 15 is 0 Å². The van der Waals surface area contributed by atoms with Gasteiger partial charge in [-0.05, 0) is 49.8 Å². The summed E-state index contributed by atoms with van der Waals surface area (Å²) in [7, 11) is 0. The second kappa shape index (κ2) is 6.73. The summed E-state index contributed by atoms with van der Waals surface area (Å²) in [5.41, 5.74) is 4.26. The van der Waals surface area contributed by atoms with Gasteiger partial charge >= 0.3 is 5.97 Å². The van der Waals surface area contributed by atoms with Gasteiger partial charge in [-0.1, -0.05) is 18.2 Å². The van der Waals surface area contributed by atoms with Crippen LogP contribution >= 0.6 is 11.3 Å². The predicted octanol–water partition coefficient (Wildman–Crippen LogP) is 3.06. The molecular formula is C18H20N2O3S. The van der Waals surface area contributed by atoms with Crippen molar-refractivity contribution in [1.82, 2.24) is 10.3 Å². The Hall–Kier alpha value is -2.21. The highest BCUT2D eigenvalue weighted by molar-refractivity contribution is 7.13. The van der Waals surface area contributed by atoms with Gasteiger partial charge in [-0.25, -0.2) is 9.78 Å². The van der Waals surface area contributed by atoms with Gasteiger partial charge in [0.15, 0.2) is 0 Å². The van der Waals surface area contributed by atoms with Crippen LogP contribution in [0.25, 0.3) is 0 Å². The maximum absolute atomic E-state index is 12.3. The number of carboxylic acids is 1. The van der Waals surface area contributed by atoms with Crippen LogP contribution in [0.4, 0.5) is 0 Å². The van der Waals surface area contributed by atoms with Crippen molar-refractivity contribution >= 4 is 23.2 Å². The summed E-state index contributed by atoms with van der Waals surface area (Å²) >= 11 is 1.11. The van der Waals surface area contributed by atoms with Crippen molar-refractivity contribution in [3.05, 3.63) is 50.5 Å². The maximum atomic E-state index is 12.3. The molecule has 126 valence electrons. The number of amides is 1. The first-order chi connectivity index (χ1) is 11.4. The van der Waals surface area contributed by atoms with E-state index in [-0.39, 0.29) is 16.8 Å². The third-order valence-corrected chi connectivity index (χ3v) is 5.61. The number of thiazole rings is 1. The number of rotatable bonds is 5. The summed E-state index contributed by atoms with van der Waals surface area (Å²) in [5, 5.41) is 12.6. The normalized spacial score (nSPS) is 14.2. The number of carbonyl (C=O) groups excluding carboxylic acids is 1. The van der Waals surface area contributed by atoms with Gasteiger partial charge < -0.3 is 10.4 Å². The van der Waals surface area contributed by atoms with E-state index in [1.165, 1.54) is 17.5 Å². The third kappa shape index (κ3) is 3.48. The zero-order valence-corrected chi connectivity index (χ0v) is 14.6. The minimum absolute atomic E-state index is 0.0785. The summed E-state index contributed by atoms with van der Waals surface area (Å²) < 4.78 is 0. The molecule has 1 unspecified atom stereocenters. The first-order valence-corrected chi connectivity index (χ1v) is 8.86. The Balaban J connectivity index is 1.64. The van der Waals surface area contributed by atoms with Crippen LogP contribution in [0, 0.1) is 6.92 Å². The van der Waals surface area contributed by atoms with Crippen LogP contribution in [-0.4, -0.2) is 22.0 Å². The van der Waals surface area contributed by atoms with Crippen LogP contribution in [-0.2, 0) is 24.1 Å². The maximum Gasteiger partial charge on any atom is 0.347 e. The van der Waals surface area contributed by atoms with Crippen molar-refractivity contribution in [2.24, 2.45) is 0 Å². The number of aromatic nitrogens is 1. The van der Waals surface area contributed by atoms with E-state index in [0.717, 1.165) is 29.7 Å². The molecule has 0 fully saturated rings. The molecule has 3 rings (SSSR count). The monoisotopic (exact) mass is 344 g/mol. The van der Waals surface area contributed by atoms with Crippen molar-refractivity contribution in [2.45, 2.75) is 45.6 Å². The Morgan fingerprint density at radius 1 is 1.33 bits per heavy atom. The molecule has 0 aliphatic heterocycles. The van der Waals surface area contributed by atoms with Crippen molar-refractivity contribution in [3.63, 3.8) is 0 Å². The van der Waals surface area contributed by atoms with Crippen LogP contribution in [0.15, 0.2) is 18.2 Å². The molecule has 2 aromatic rings. The Labute approximate surface area is 144 Å². The molecule has 0 saturated heterocycles. The van der Waals surface area contributed by atoms with Crippen LogP contribution in [0.5, 0.6) is 0 Å². The number of carbonyl (C=O) groups is 2. The number of aromatic carboxylic acids is 1. The molecule has 24 heavy (non-hydrogen) atoms. The predicted molar refractivity (Wildman–Crippen MR) is 92.5 cm³/mol. The zero-order chi connectivity index (χ0) is 17.3. The number of fused-ring (bicyclic) bond motifs is 1. The number of nitrogens with one attached hydrogen (secondary N) is 1. The van der Waals surface area contributed by atoms with E-state index in [4.69, 9.17) is 5.11 Å². The molecule has 0 spiro atoms. The van der Waals surface area contributed by atoms with Gasteiger partial charge in [-0.2, -0.15) is 0 Å². The fraction of sp³-hybridized carbons (Fsp3) is 0.389. The molecule has 1 heterocycles. The summed E-state index contributed by atoms with van der Waals surface area (Å²) in [6.07, 6.45) is 3.75. The van der Waals surface area contributed by atoms with Gasteiger partial charge in [-0.3, -0.25) is 4.79 Å². The number of hydrogen-bond acceptors (Lipinski definition) is 4. The highest BCUT2D eigenvalue weighted by Gasteiger charge is 2.19. The van der Waals surface area contributed by atoms with Gasteiger partial charge in [0.2, 0.25) is 5.91 Å². The molecule has 5 nitrogen and oxygen atoms in total. The molecule has 1 atom stereocenters. The standard InChI is InChI=1S/C18H20N2O3S/c1-10-16(18(22)23)24-17(20-10)11(2)19-15(21)9-12-6-7-13-4-3-5-14(13)8-12/h6-8,11H,3-5,9H2,1-2H3,(H,19,21)(H,22,23). The van der Waals surface area contributed by atoms with Crippen LogP contribution in [0.3, 0.4) is 0 Å².